The number of hydrogen-bond donors (Lipinski definition) is 0. The van der Waals surface area contributed by atoms with Crippen LogP contribution in [0.25, 0.3) is 0 Å². The lowest BCUT2D eigenvalue weighted by Gasteiger charge is -2.18. The van der Waals surface area contributed by atoms with Crippen molar-refractivity contribution in [1.82, 2.24) is 0 Å². The molecule has 1 heterocycles. The van der Waals surface area contributed by atoms with Gasteiger partial charge in [-0.15, -0.1) is 0 Å². The number of allylic oxidation sites excluding steroid dienone is 1. The standard InChI is InChI=1S/C12H12O2/c13-11-6-7-14-12(9-11)8-10-4-2-1-3-5-10/h1-7,12H,8-9H2/t12-/m0/s1. The highest BCUT2D eigenvalue weighted by Gasteiger charge is 2.16. The van der Waals surface area contributed by atoms with Crippen molar-refractivity contribution < 1.29 is 9.53 Å². The molecule has 1 aliphatic heterocycles. The molecule has 0 unspecified atom stereocenters. The zero-order chi connectivity index (χ0) is 9.80. The molecule has 14 heavy (non-hydrogen) atoms. The van der Waals surface area contributed by atoms with Gasteiger partial charge in [0.05, 0.1) is 6.26 Å². The van der Waals surface area contributed by atoms with Gasteiger partial charge in [-0.2, -0.15) is 0 Å². The highest BCUT2D eigenvalue weighted by Crippen LogP contribution is 2.13. The molecule has 2 heteroatoms. The number of hydrogen-bond acceptors (Lipinski definition) is 2. The smallest absolute Gasteiger partial charge is 0.162 e. The van der Waals surface area contributed by atoms with Crippen LogP contribution in [-0.2, 0) is 16.0 Å². The summed E-state index contributed by atoms with van der Waals surface area (Å²) in [4.78, 5) is 11.1. The molecule has 0 radical (unpaired) electrons. The number of rotatable bonds is 2. The van der Waals surface area contributed by atoms with Gasteiger partial charge in [0.1, 0.15) is 6.10 Å². The summed E-state index contributed by atoms with van der Waals surface area (Å²) >= 11 is 0. The first-order valence-corrected chi connectivity index (χ1v) is 4.73. The third-order valence-electron chi connectivity index (χ3n) is 2.26. The van der Waals surface area contributed by atoms with Gasteiger partial charge < -0.3 is 4.74 Å². The van der Waals surface area contributed by atoms with Crippen molar-refractivity contribution in [3.63, 3.8) is 0 Å². The third kappa shape index (κ3) is 2.22. The number of carbonyl (C=O) groups excluding carboxylic acids is 1. The van der Waals surface area contributed by atoms with Crippen molar-refractivity contribution >= 4 is 5.78 Å². The lowest BCUT2D eigenvalue weighted by atomic mass is 10.0. The van der Waals surface area contributed by atoms with E-state index < -0.39 is 0 Å². The molecular weight excluding hydrogens is 176 g/mol. The quantitative estimate of drug-likeness (QED) is 0.710. The third-order valence-corrected chi connectivity index (χ3v) is 2.26. The molecule has 0 aliphatic carbocycles. The first-order chi connectivity index (χ1) is 6.84. The van der Waals surface area contributed by atoms with Gasteiger partial charge in [-0.1, -0.05) is 30.3 Å². The average Bonchev–Trinajstić information content (AvgIpc) is 2.19. The zero-order valence-corrected chi connectivity index (χ0v) is 7.85. The molecule has 0 N–H and O–H groups in total. The van der Waals surface area contributed by atoms with Crippen LogP contribution >= 0.6 is 0 Å². The summed E-state index contributed by atoms with van der Waals surface area (Å²) in [5, 5.41) is 0. The molecule has 1 aromatic carbocycles. The number of carbonyl (C=O) groups is 1. The van der Waals surface area contributed by atoms with Crippen molar-refractivity contribution in [2.24, 2.45) is 0 Å². The fourth-order valence-electron chi connectivity index (χ4n) is 1.56. The molecule has 0 bridgehead atoms. The summed E-state index contributed by atoms with van der Waals surface area (Å²) < 4.78 is 5.35. The Morgan fingerprint density at radius 2 is 2.07 bits per heavy atom. The van der Waals surface area contributed by atoms with Crippen LogP contribution < -0.4 is 0 Å². The maximum Gasteiger partial charge on any atom is 0.162 e. The second-order valence-corrected chi connectivity index (χ2v) is 3.42. The van der Waals surface area contributed by atoms with Crippen molar-refractivity contribution in [2.45, 2.75) is 18.9 Å². The molecule has 0 saturated carbocycles. The van der Waals surface area contributed by atoms with Gasteiger partial charge in [0.25, 0.3) is 0 Å². The molecule has 1 aliphatic rings. The van der Waals surface area contributed by atoms with Crippen molar-refractivity contribution in [3.8, 4) is 0 Å². The molecule has 0 spiro atoms. The summed E-state index contributed by atoms with van der Waals surface area (Å²) in [6.45, 7) is 0. The zero-order valence-electron chi connectivity index (χ0n) is 7.85. The van der Waals surface area contributed by atoms with Crippen LogP contribution in [0.2, 0.25) is 0 Å². The SMILES string of the molecule is O=C1C=CO[C@@H](Cc2ccccc2)C1. The van der Waals surface area contributed by atoms with Crippen LogP contribution in [0.1, 0.15) is 12.0 Å². The van der Waals surface area contributed by atoms with E-state index in [2.05, 4.69) is 0 Å². The molecule has 0 amide bonds. The van der Waals surface area contributed by atoms with Gasteiger partial charge in [-0.3, -0.25) is 4.79 Å². The Morgan fingerprint density at radius 3 is 2.79 bits per heavy atom. The summed E-state index contributed by atoms with van der Waals surface area (Å²) in [5.74, 6) is 0.150. The normalized spacial score (nSPS) is 20.6. The van der Waals surface area contributed by atoms with E-state index in [0.29, 0.717) is 6.42 Å². The fraction of sp³-hybridized carbons (Fsp3) is 0.250. The Bertz CT molecular complexity index is 341. The minimum absolute atomic E-state index is 0.00917. The monoisotopic (exact) mass is 188 g/mol. The number of ether oxygens (including phenoxy) is 1. The fourth-order valence-corrected chi connectivity index (χ4v) is 1.56. The molecule has 2 rings (SSSR count). The lowest BCUT2D eigenvalue weighted by molar-refractivity contribution is -0.117. The number of benzene rings is 1. The Balaban J connectivity index is 1.99. The molecule has 72 valence electrons. The van der Waals surface area contributed by atoms with Crippen LogP contribution in [-0.4, -0.2) is 11.9 Å². The highest BCUT2D eigenvalue weighted by atomic mass is 16.5. The molecule has 0 saturated heterocycles. The summed E-state index contributed by atoms with van der Waals surface area (Å²) in [5.41, 5.74) is 1.21. The first kappa shape index (κ1) is 9.00. The number of ketones is 1. The maximum absolute atomic E-state index is 11.1. The molecule has 0 fully saturated rings. The van der Waals surface area contributed by atoms with E-state index >= 15 is 0 Å². The highest BCUT2D eigenvalue weighted by molar-refractivity contribution is 5.90. The van der Waals surface area contributed by atoms with E-state index in [0.717, 1.165) is 6.42 Å². The minimum Gasteiger partial charge on any atom is -0.497 e. The molecule has 0 aromatic heterocycles. The van der Waals surface area contributed by atoms with Gasteiger partial charge in [0, 0.05) is 18.9 Å². The first-order valence-electron chi connectivity index (χ1n) is 4.73. The Labute approximate surface area is 83.2 Å². The summed E-state index contributed by atoms with van der Waals surface area (Å²) in [6.07, 6.45) is 4.29. The van der Waals surface area contributed by atoms with Gasteiger partial charge in [-0.25, -0.2) is 0 Å². The van der Waals surface area contributed by atoms with Crippen molar-refractivity contribution in [1.29, 1.82) is 0 Å². The molecular formula is C12H12O2. The Morgan fingerprint density at radius 1 is 1.29 bits per heavy atom. The van der Waals surface area contributed by atoms with Crippen molar-refractivity contribution in [2.75, 3.05) is 0 Å². The second-order valence-electron chi connectivity index (χ2n) is 3.42. The average molecular weight is 188 g/mol. The van der Waals surface area contributed by atoms with Gasteiger partial charge in [0.15, 0.2) is 5.78 Å². The van der Waals surface area contributed by atoms with Gasteiger partial charge in [-0.05, 0) is 5.56 Å². The molecule has 1 aromatic rings. The summed E-state index contributed by atoms with van der Waals surface area (Å²) in [7, 11) is 0. The maximum atomic E-state index is 11.1. The van der Waals surface area contributed by atoms with E-state index in [9.17, 15) is 4.79 Å². The lowest BCUT2D eigenvalue weighted by Crippen LogP contribution is -2.20. The van der Waals surface area contributed by atoms with Crippen LogP contribution in [0.5, 0.6) is 0 Å². The topological polar surface area (TPSA) is 26.3 Å². The second kappa shape index (κ2) is 4.09. The van der Waals surface area contributed by atoms with E-state index in [1.54, 1.807) is 0 Å². The predicted octanol–water partition coefficient (Wildman–Crippen LogP) is 2.10. The van der Waals surface area contributed by atoms with Crippen LogP contribution in [0.4, 0.5) is 0 Å². The van der Waals surface area contributed by atoms with E-state index in [1.807, 2.05) is 30.3 Å². The van der Waals surface area contributed by atoms with Crippen LogP contribution in [0.15, 0.2) is 42.7 Å². The Kier molecular flexibility index (Phi) is 2.63. The van der Waals surface area contributed by atoms with E-state index in [1.165, 1.54) is 17.9 Å². The van der Waals surface area contributed by atoms with Crippen LogP contribution in [0, 0.1) is 0 Å². The Hall–Kier alpha value is -1.57. The molecule has 2 nitrogen and oxygen atoms in total. The van der Waals surface area contributed by atoms with Gasteiger partial charge in [0.2, 0.25) is 0 Å². The van der Waals surface area contributed by atoms with Gasteiger partial charge >= 0.3 is 0 Å². The minimum atomic E-state index is 0.00917. The molecule has 1 atom stereocenters. The van der Waals surface area contributed by atoms with Crippen molar-refractivity contribution in [3.05, 3.63) is 48.2 Å². The predicted molar refractivity (Wildman–Crippen MR) is 53.8 cm³/mol. The van der Waals surface area contributed by atoms with E-state index in [4.69, 9.17) is 4.74 Å². The van der Waals surface area contributed by atoms with Crippen LogP contribution in [0.3, 0.4) is 0 Å². The van der Waals surface area contributed by atoms with E-state index in [-0.39, 0.29) is 11.9 Å². The summed E-state index contributed by atoms with van der Waals surface area (Å²) in [6, 6.07) is 10.1. The largest absolute Gasteiger partial charge is 0.497 e.